The predicted octanol–water partition coefficient (Wildman–Crippen LogP) is 3.60. The van der Waals surface area contributed by atoms with Crippen LogP contribution in [0.5, 0.6) is 0 Å². The molecule has 3 nitrogen and oxygen atoms in total. The first kappa shape index (κ1) is 14.1. The summed E-state index contributed by atoms with van der Waals surface area (Å²) in [5, 5.41) is 0. The fourth-order valence-corrected chi connectivity index (χ4v) is 2.62. The molecule has 0 aliphatic heterocycles. The molecule has 1 heterocycles. The molecule has 0 unspecified atom stereocenters. The number of aromatic nitrogens is 2. The Morgan fingerprint density at radius 1 is 1.21 bits per heavy atom. The largest absolute Gasteiger partial charge is 0.330 e. The molecule has 0 saturated carbocycles. The van der Waals surface area contributed by atoms with E-state index in [1.165, 1.54) is 29.7 Å². The number of hydrogen-bond donors (Lipinski definition) is 1. The van der Waals surface area contributed by atoms with Crippen molar-refractivity contribution in [1.29, 1.82) is 0 Å². The van der Waals surface area contributed by atoms with E-state index in [4.69, 9.17) is 10.7 Å². The maximum absolute atomic E-state index is 5.54. The van der Waals surface area contributed by atoms with E-state index in [-0.39, 0.29) is 0 Å². The smallest absolute Gasteiger partial charge is 0.110 e. The lowest BCUT2D eigenvalue weighted by molar-refractivity contribution is 0.566. The monoisotopic (exact) mass is 259 g/mol. The molecule has 0 spiro atoms. The highest BCUT2D eigenvalue weighted by molar-refractivity contribution is 5.77. The van der Waals surface area contributed by atoms with E-state index in [1.807, 2.05) is 0 Å². The van der Waals surface area contributed by atoms with Crippen LogP contribution < -0.4 is 5.73 Å². The first-order valence-electron chi connectivity index (χ1n) is 7.31. The van der Waals surface area contributed by atoms with Crippen molar-refractivity contribution in [3.05, 3.63) is 29.6 Å². The minimum atomic E-state index is 0.456. The van der Waals surface area contributed by atoms with Crippen LogP contribution in [-0.2, 0) is 6.42 Å². The molecule has 2 aromatic rings. The maximum atomic E-state index is 5.54. The highest BCUT2D eigenvalue weighted by Crippen LogP contribution is 2.23. The summed E-state index contributed by atoms with van der Waals surface area (Å²) in [4.78, 5) is 4.82. The van der Waals surface area contributed by atoms with Crippen LogP contribution in [0, 0.1) is 6.92 Å². The number of nitrogens with zero attached hydrogens (tertiary/aromatic N) is 2. The second kappa shape index (κ2) is 6.20. The number of hydrogen-bond acceptors (Lipinski definition) is 2. The van der Waals surface area contributed by atoms with Crippen LogP contribution in [0.25, 0.3) is 11.0 Å². The molecule has 0 aliphatic rings. The van der Waals surface area contributed by atoms with E-state index >= 15 is 0 Å². The van der Waals surface area contributed by atoms with E-state index < -0.39 is 0 Å². The number of rotatable bonds is 6. The highest BCUT2D eigenvalue weighted by atomic mass is 15.1. The first-order chi connectivity index (χ1) is 9.13. The summed E-state index contributed by atoms with van der Waals surface area (Å²) in [5.74, 6) is 1.22. The molecule has 1 aromatic heterocycles. The molecule has 0 aliphatic carbocycles. The summed E-state index contributed by atoms with van der Waals surface area (Å²) in [6.07, 6.45) is 4.52. The van der Waals surface area contributed by atoms with Crippen LogP contribution in [0.1, 0.15) is 50.5 Å². The number of nitrogens with two attached hydrogens (primary N) is 1. The minimum Gasteiger partial charge on any atom is -0.330 e. The molecule has 2 N–H and O–H groups in total. The number of benzene rings is 1. The number of aryl methyl sites for hydroxylation is 2. The summed E-state index contributed by atoms with van der Waals surface area (Å²) < 4.78 is 2.37. The summed E-state index contributed by atoms with van der Waals surface area (Å²) in [6, 6.07) is 7.00. The quantitative estimate of drug-likeness (QED) is 0.806. The molecule has 0 saturated heterocycles. The van der Waals surface area contributed by atoms with Gasteiger partial charge in [-0.2, -0.15) is 0 Å². The van der Waals surface area contributed by atoms with Crippen molar-refractivity contribution in [2.45, 2.75) is 52.5 Å². The van der Waals surface area contributed by atoms with Crippen LogP contribution in [0.15, 0.2) is 18.2 Å². The molecule has 3 heteroatoms. The Labute approximate surface area is 115 Å². The van der Waals surface area contributed by atoms with Crippen molar-refractivity contribution in [3.8, 4) is 0 Å². The molecule has 0 fully saturated rings. The standard InChI is InChI=1S/C16H25N3/c1-12(2)19-15-9-8-13(3)11-14(15)18-16(19)7-5-4-6-10-17/h8-9,11-12H,4-7,10,17H2,1-3H3. The van der Waals surface area contributed by atoms with Gasteiger partial charge in [-0.3, -0.25) is 0 Å². The predicted molar refractivity (Wildman–Crippen MR) is 81.5 cm³/mol. The van der Waals surface area contributed by atoms with Gasteiger partial charge in [-0.15, -0.1) is 0 Å². The molecule has 104 valence electrons. The van der Waals surface area contributed by atoms with E-state index in [1.54, 1.807) is 0 Å². The van der Waals surface area contributed by atoms with Crippen molar-refractivity contribution in [3.63, 3.8) is 0 Å². The zero-order valence-corrected chi connectivity index (χ0v) is 12.3. The highest BCUT2D eigenvalue weighted by Gasteiger charge is 2.12. The lowest BCUT2D eigenvalue weighted by Crippen LogP contribution is -2.07. The second-order valence-electron chi connectivity index (χ2n) is 5.58. The van der Waals surface area contributed by atoms with Crippen LogP contribution in [-0.4, -0.2) is 16.1 Å². The Morgan fingerprint density at radius 3 is 2.68 bits per heavy atom. The number of imidazole rings is 1. The lowest BCUT2D eigenvalue weighted by Gasteiger charge is -2.13. The molecule has 2 rings (SSSR count). The van der Waals surface area contributed by atoms with E-state index in [9.17, 15) is 0 Å². The van der Waals surface area contributed by atoms with Gasteiger partial charge >= 0.3 is 0 Å². The van der Waals surface area contributed by atoms with Crippen molar-refractivity contribution in [2.24, 2.45) is 5.73 Å². The van der Waals surface area contributed by atoms with Gasteiger partial charge in [0.15, 0.2) is 0 Å². The van der Waals surface area contributed by atoms with Crippen LogP contribution in [0.4, 0.5) is 0 Å². The van der Waals surface area contributed by atoms with Crippen LogP contribution in [0.2, 0.25) is 0 Å². The Hall–Kier alpha value is -1.35. The van der Waals surface area contributed by atoms with Crippen LogP contribution in [0.3, 0.4) is 0 Å². The van der Waals surface area contributed by atoms with Crippen molar-refractivity contribution in [1.82, 2.24) is 9.55 Å². The molecular weight excluding hydrogens is 234 g/mol. The van der Waals surface area contributed by atoms with Crippen molar-refractivity contribution < 1.29 is 0 Å². The third-order valence-corrected chi connectivity index (χ3v) is 3.54. The summed E-state index contributed by atoms with van der Waals surface area (Å²) in [7, 11) is 0. The molecule has 0 amide bonds. The maximum Gasteiger partial charge on any atom is 0.110 e. The average Bonchev–Trinajstić information content (AvgIpc) is 2.72. The Kier molecular flexibility index (Phi) is 4.59. The third-order valence-electron chi connectivity index (χ3n) is 3.54. The number of unbranched alkanes of at least 4 members (excludes halogenated alkanes) is 2. The molecule has 1 aromatic carbocycles. The molecule has 0 radical (unpaired) electrons. The van der Waals surface area contributed by atoms with Crippen LogP contribution >= 0.6 is 0 Å². The Morgan fingerprint density at radius 2 is 2.00 bits per heavy atom. The van der Waals surface area contributed by atoms with Gasteiger partial charge in [0.05, 0.1) is 11.0 Å². The minimum absolute atomic E-state index is 0.456. The van der Waals surface area contributed by atoms with Gasteiger partial charge in [-0.25, -0.2) is 4.98 Å². The van der Waals surface area contributed by atoms with Gasteiger partial charge in [0.25, 0.3) is 0 Å². The molecule has 0 bridgehead atoms. The van der Waals surface area contributed by atoms with Gasteiger partial charge in [-0.05, 0) is 57.9 Å². The van der Waals surface area contributed by atoms with E-state index in [0.29, 0.717) is 6.04 Å². The first-order valence-corrected chi connectivity index (χ1v) is 7.31. The Balaban J connectivity index is 2.28. The summed E-state index contributed by atoms with van der Waals surface area (Å²) >= 11 is 0. The Bertz CT molecular complexity index is 540. The van der Waals surface area contributed by atoms with E-state index in [0.717, 1.165) is 24.9 Å². The zero-order valence-electron chi connectivity index (χ0n) is 12.3. The summed E-state index contributed by atoms with van der Waals surface area (Å²) in [5.41, 5.74) is 9.20. The fraction of sp³-hybridized carbons (Fsp3) is 0.562. The normalized spacial score (nSPS) is 11.6. The number of fused-ring (bicyclic) bond motifs is 1. The topological polar surface area (TPSA) is 43.8 Å². The fourth-order valence-electron chi connectivity index (χ4n) is 2.62. The van der Waals surface area contributed by atoms with Crippen molar-refractivity contribution >= 4 is 11.0 Å². The van der Waals surface area contributed by atoms with Gasteiger partial charge in [-0.1, -0.05) is 12.5 Å². The van der Waals surface area contributed by atoms with Gasteiger partial charge in [0.2, 0.25) is 0 Å². The SMILES string of the molecule is Cc1ccc2c(c1)nc(CCCCCN)n2C(C)C. The molecule has 19 heavy (non-hydrogen) atoms. The second-order valence-corrected chi connectivity index (χ2v) is 5.58. The summed E-state index contributed by atoms with van der Waals surface area (Å²) in [6.45, 7) is 7.36. The zero-order chi connectivity index (χ0) is 13.8. The van der Waals surface area contributed by atoms with Gasteiger partial charge in [0.1, 0.15) is 5.82 Å². The lowest BCUT2D eigenvalue weighted by atomic mass is 10.2. The average molecular weight is 259 g/mol. The molecular formula is C16H25N3. The van der Waals surface area contributed by atoms with E-state index in [2.05, 4.69) is 43.5 Å². The van der Waals surface area contributed by atoms with Gasteiger partial charge < -0.3 is 10.3 Å². The van der Waals surface area contributed by atoms with Gasteiger partial charge in [0, 0.05) is 12.5 Å². The van der Waals surface area contributed by atoms with Crippen molar-refractivity contribution in [2.75, 3.05) is 6.54 Å². The third kappa shape index (κ3) is 3.16. The molecule has 0 atom stereocenters.